The van der Waals surface area contributed by atoms with Gasteiger partial charge >= 0.3 is 5.97 Å². The van der Waals surface area contributed by atoms with Crippen LogP contribution in [-0.2, 0) is 9.53 Å². The lowest BCUT2D eigenvalue weighted by molar-refractivity contribution is -0.384. The Morgan fingerprint density at radius 1 is 1.35 bits per heavy atom. The van der Waals surface area contributed by atoms with E-state index >= 15 is 0 Å². The lowest BCUT2D eigenvalue weighted by Crippen LogP contribution is -2.28. The van der Waals surface area contributed by atoms with Crippen molar-refractivity contribution >= 4 is 11.7 Å². The fourth-order valence-corrected chi connectivity index (χ4v) is 1.23. The van der Waals surface area contributed by atoms with Gasteiger partial charge in [0.15, 0.2) is 6.10 Å². The van der Waals surface area contributed by atoms with E-state index in [9.17, 15) is 25.1 Å². The van der Waals surface area contributed by atoms with Gasteiger partial charge in [-0.05, 0) is 17.7 Å². The summed E-state index contributed by atoms with van der Waals surface area (Å²) in [4.78, 5) is 20.8. The van der Waals surface area contributed by atoms with Crippen LogP contribution in [0.3, 0.4) is 0 Å². The van der Waals surface area contributed by atoms with Crippen LogP contribution in [-0.4, -0.2) is 34.3 Å². The highest BCUT2D eigenvalue weighted by Gasteiger charge is 2.26. The molecule has 0 amide bonds. The van der Waals surface area contributed by atoms with Crippen molar-refractivity contribution in [1.82, 2.24) is 0 Å². The summed E-state index contributed by atoms with van der Waals surface area (Å²) in [5.74, 6) is -0.976. The Morgan fingerprint density at radius 3 is 2.29 bits per heavy atom. The van der Waals surface area contributed by atoms with E-state index in [-0.39, 0.29) is 11.3 Å². The largest absolute Gasteiger partial charge is 0.467 e. The fourth-order valence-electron chi connectivity index (χ4n) is 1.23. The van der Waals surface area contributed by atoms with Crippen LogP contribution in [0, 0.1) is 10.1 Å². The number of nitro groups is 1. The number of carbonyl (C=O) groups excluding carboxylic acids is 1. The minimum atomic E-state index is -1.72. The van der Waals surface area contributed by atoms with E-state index in [1.54, 1.807) is 0 Å². The molecular formula is C10H11NO6. The van der Waals surface area contributed by atoms with Crippen molar-refractivity contribution in [3.05, 3.63) is 39.9 Å². The van der Waals surface area contributed by atoms with E-state index < -0.39 is 23.1 Å². The van der Waals surface area contributed by atoms with E-state index in [1.807, 2.05) is 0 Å². The summed E-state index contributed by atoms with van der Waals surface area (Å²) in [5, 5.41) is 29.3. The third-order valence-electron chi connectivity index (χ3n) is 2.19. The molecule has 0 bridgehead atoms. The molecule has 0 radical (unpaired) electrons. The van der Waals surface area contributed by atoms with Gasteiger partial charge in [-0.15, -0.1) is 0 Å². The molecule has 0 aliphatic rings. The van der Waals surface area contributed by atoms with Crippen molar-refractivity contribution in [2.24, 2.45) is 0 Å². The molecule has 0 saturated carbocycles. The number of non-ortho nitro benzene ring substituents is 1. The van der Waals surface area contributed by atoms with Crippen LogP contribution in [0.4, 0.5) is 5.69 Å². The number of hydrogen-bond donors (Lipinski definition) is 2. The quantitative estimate of drug-likeness (QED) is 0.441. The molecule has 0 unspecified atom stereocenters. The van der Waals surface area contributed by atoms with E-state index in [2.05, 4.69) is 4.74 Å². The Kier molecular flexibility index (Phi) is 4.13. The van der Waals surface area contributed by atoms with Gasteiger partial charge in [-0.3, -0.25) is 10.1 Å². The highest BCUT2D eigenvalue weighted by atomic mass is 16.6. The molecule has 0 spiro atoms. The fraction of sp³-hybridized carbons (Fsp3) is 0.300. The number of nitrogens with zero attached hydrogens (tertiary/aromatic N) is 1. The molecule has 92 valence electrons. The van der Waals surface area contributed by atoms with Crippen molar-refractivity contribution in [3.8, 4) is 0 Å². The van der Waals surface area contributed by atoms with Crippen LogP contribution in [0.25, 0.3) is 0 Å². The zero-order valence-electron chi connectivity index (χ0n) is 8.94. The molecule has 2 N–H and O–H groups in total. The molecule has 2 atom stereocenters. The van der Waals surface area contributed by atoms with Crippen LogP contribution in [0.5, 0.6) is 0 Å². The summed E-state index contributed by atoms with van der Waals surface area (Å²) in [5.41, 5.74) is 0.0435. The number of aliphatic hydroxyl groups is 2. The second-order valence-electron chi connectivity index (χ2n) is 3.26. The summed E-state index contributed by atoms with van der Waals surface area (Å²) in [6.07, 6.45) is -3.20. The van der Waals surface area contributed by atoms with Gasteiger partial charge < -0.3 is 14.9 Å². The number of nitro benzene ring substituents is 1. The number of ether oxygens (including phenoxy) is 1. The smallest absolute Gasteiger partial charge is 0.337 e. The molecule has 7 heteroatoms. The van der Waals surface area contributed by atoms with Gasteiger partial charge in [-0.25, -0.2) is 4.79 Å². The maximum absolute atomic E-state index is 11.0. The molecule has 17 heavy (non-hydrogen) atoms. The Bertz CT molecular complexity index is 415. The molecule has 0 fully saturated rings. The predicted octanol–water partition coefficient (Wildman–Crippen LogP) is 0.162. The maximum Gasteiger partial charge on any atom is 0.337 e. The van der Waals surface area contributed by atoms with Crippen LogP contribution in [0.15, 0.2) is 24.3 Å². The Balaban J connectivity index is 2.86. The van der Waals surface area contributed by atoms with Crippen LogP contribution in [0.1, 0.15) is 11.7 Å². The second kappa shape index (κ2) is 5.37. The number of methoxy groups -OCH3 is 1. The van der Waals surface area contributed by atoms with Crippen molar-refractivity contribution in [3.63, 3.8) is 0 Å². The summed E-state index contributed by atoms with van der Waals surface area (Å²) in [6, 6.07) is 4.86. The number of benzene rings is 1. The van der Waals surface area contributed by atoms with E-state index in [1.165, 1.54) is 24.3 Å². The van der Waals surface area contributed by atoms with Crippen molar-refractivity contribution in [2.75, 3.05) is 7.11 Å². The van der Waals surface area contributed by atoms with Crippen LogP contribution in [0.2, 0.25) is 0 Å². The standard InChI is InChI=1S/C10H11NO6/c1-17-10(14)9(13)8(12)6-2-4-7(5-3-6)11(15)16/h2-5,8-9,12-13H,1H3/t8-,9+/m1/s1. The molecule has 0 heterocycles. The zero-order valence-corrected chi connectivity index (χ0v) is 8.94. The highest BCUT2D eigenvalue weighted by molar-refractivity contribution is 5.75. The van der Waals surface area contributed by atoms with Gasteiger partial charge in [-0.2, -0.15) is 0 Å². The average Bonchev–Trinajstić information content (AvgIpc) is 2.36. The maximum atomic E-state index is 11.0. The molecule has 0 aliphatic heterocycles. The van der Waals surface area contributed by atoms with Gasteiger partial charge in [0.25, 0.3) is 5.69 Å². The first-order chi connectivity index (χ1) is 7.97. The molecule has 0 saturated heterocycles. The minimum Gasteiger partial charge on any atom is -0.467 e. The first-order valence-corrected chi connectivity index (χ1v) is 4.65. The molecular weight excluding hydrogens is 230 g/mol. The summed E-state index contributed by atoms with van der Waals surface area (Å²) >= 11 is 0. The summed E-state index contributed by atoms with van der Waals surface area (Å²) in [6.45, 7) is 0. The second-order valence-corrected chi connectivity index (χ2v) is 3.26. The topological polar surface area (TPSA) is 110 Å². The van der Waals surface area contributed by atoms with Crippen molar-refractivity contribution < 1.29 is 24.7 Å². The van der Waals surface area contributed by atoms with Crippen molar-refractivity contribution in [2.45, 2.75) is 12.2 Å². The third-order valence-corrected chi connectivity index (χ3v) is 2.19. The van der Waals surface area contributed by atoms with E-state index in [0.29, 0.717) is 0 Å². The molecule has 1 aromatic carbocycles. The van der Waals surface area contributed by atoms with Gasteiger partial charge in [0, 0.05) is 12.1 Å². The van der Waals surface area contributed by atoms with Gasteiger partial charge in [0.2, 0.25) is 0 Å². The zero-order chi connectivity index (χ0) is 13.0. The number of hydrogen-bond acceptors (Lipinski definition) is 6. The SMILES string of the molecule is COC(=O)[C@@H](O)[C@H](O)c1ccc([N+](=O)[O-])cc1. The molecule has 1 aromatic rings. The van der Waals surface area contributed by atoms with Crippen LogP contribution >= 0.6 is 0 Å². The first kappa shape index (κ1) is 13.1. The number of carbonyl (C=O) groups is 1. The van der Waals surface area contributed by atoms with Crippen molar-refractivity contribution in [1.29, 1.82) is 0 Å². The number of esters is 1. The number of aliphatic hydroxyl groups excluding tert-OH is 2. The van der Waals surface area contributed by atoms with Gasteiger partial charge in [0.1, 0.15) is 6.10 Å². The lowest BCUT2D eigenvalue weighted by atomic mass is 10.0. The van der Waals surface area contributed by atoms with Gasteiger partial charge in [-0.1, -0.05) is 0 Å². The number of rotatable bonds is 4. The van der Waals surface area contributed by atoms with E-state index in [4.69, 9.17) is 0 Å². The first-order valence-electron chi connectivity index (χ1n) is 4.65. The highest BCUT2D eigenvalue weighted by Crippen LogP contribution is 2.20. The predicted molar refractivity (Wildman–Crippen MR) is 56.1 cm³/mol. The molecule has 0 aromatic heterocycles. The molecule has 7 nitrogen and oxygen atoms in total. The Hall–Kier alpha value is -1.99. The van der Waals surface area contributed by atoms with E-state index in [0.717, 1.165) is 7.11 Å². The van der Waals surface area contributed by atoms with Gasteiger partial charge in [0.05, 0.1) is 12.0 Å². The summed E-state index contributed by atoms with van der Waals surface area (Å²) < 4.78 is 4.26. The monoisotopic (exact) mass is 241 g/mol. The average molecular weight is 241 g/mol. The Morgan fingerprint density at radius 2 is 1.88 bits per heavy atom. The minimum absolute atomic E-state index is 0.145. The lowest BCUT2D eigenvalue weighted by Gasteiger charge is -2.15. The van der Waals surface area contributed by atoms with Crippen LogP contribution < -0.4 is 0 Å². The third kappa shape index (κ3) is 2.99. The normalized spacial score (nSPS) is 13.8. The molecule has 0 aliphatic carbocycles. The Labute approximate surface area is 96.4 Å². The summed E-state index contributed by atoms with van der Waals surface area (Å²) in [7, 11) is 1.08. The molecule has 1 rings (SSSR count).